The van der Waals surface area contributed by atoms with Crippen LogP contribution in [0.5, 0.6) is 0 Å². The van der Waals surface area contributed by atoms with Crippen LogP contribution in [0.1, 0.15) is 37.5 Å². The van der Waals surface area contributed by atoms with Crippen LogP contribution in [0, 0.1) is 30.3 Å². The lowest BCUT2D eigenvalue weighted by Crippen LogP contribution is -2.32. The smallest absolute Gasteiger partial charge is 0.258 e. The minimum Gasteiger partial charge on any atom is -0.258 e. The zero-order valence-corrected chi connectivity index (χ0v) is 21.5. The van der Waals surface area contributed by atoms with Gasteiger partial charge >= 0.3 is 0 Å². The predicted molar refractivity (Wildman–Crippen MR) is 150 cm³/mol. The fourth-order valence-corrected chi connectivity index (χ4v) is 3.13. The maximum absolute atomic E-state index is 10.9. The van der Waals surface area contributed by atoms with E-state index in [2.05, 4.69) is 31.3 Å². The molecule has 0 aliphatic carbocycles. The summed E-state index contributed by atoms with van der Waals surface area (Å²) in [6.45, 7) is 5.03. The van der Waals surface area contributed by atoms with Gasteiger partial charge in [-0.15, -0.1) is 5.10 Å². The van der Waals surface area contributed by atoms with Crippen LogP contribution in [-0.4, -0.2) is 37.9 Å². The van der Waals surface area contributed by atoms with E-state index in [9.17, 15) is 30.3 Å². The molecule has 0 unspecified atom stereocenters. The lowest BCUT2D eigenvalue weighted by atomic mass is 10.1. The van der Waals surface area contributed by atoms with Gasteiger partial charge in [-0.25, -0.2) is 10.9 Å². The van der Waals surface area contributed by atoms with Gasteiger partial charge < -0.3 is 0 Å². The average Bonchev–Trinajstić information content (AvgIpc) is 2.96. The number of non-ortho nitro benzene ring substituents is 3. The van der Waals surface area contributed by atoms with E-state index in [1.165, 1.54) is 36.4 Å². The van der Waals surface area contributed by atoms with Crippen LogP contribution in [0.2, 0.25) is 0 Å². The normalized spacial score (nSPS) is 11.9. The lowest BCUT2D eigenvalue weighted by Gasteiger charge is -2.07. The van der Waals surface area contributed by atoms with E-state index in [4.69, 9.17) is 0 Å². The van der Waals surface area contributed by atoms with Crippen molar-refractivity contribution in [2.75, 3.05) is 0 Å². The summed E-state index contributed by atoms with van der Waals surface area (Å²) in [7, 11) is 0. The van der Waals surface area contributed by atoms with E-state index < -0.39 is 14.8 Å². The molecule has 3 aromatic rings. The first kappa shape index (κ1) is 28.7. The Morgan fingerprint density at radius 1 is 0.525 bits per heavy atom. The lowest BCUT2D eigenvalue weighted by molar-refractivity contribution is -0.385. The number of hydrogen-bond acceptors (Lipinski definition) is 10. The molecule has 40 heavy (non-hydrogen) atoms. The summed E-state index contributed by atoms with van der Waals surface area (Å²) >= 11 is 0. The largest absolute Gasteiger partial charge is 0.269 e. The molecule has 0 amide bonds. The minimum absolute atomic E-state index is 0.00350. The molecule has 0 saturated carbocycles. The third-order valence-corrected chi connectivity index (χ3v) is 5.45. The van der Waals surface area contributed by atoms with Gasteiger partial charge in [0.05, 0.1) is 31.9 Å². The monoisotopic (exact) mass is 545 g/mol. The molecule has 0 aromatic heterocycles. The molecule has 0 spiro atoms. The summed E-state index contributed by atoms with van der Waals surface area (Å²) in [5.74, 6) is 0.00350. The van der Waals surface area contributed by atoms with Gasteiger partial charge in [0.2, 0.25) is 0 Å². The zero-order chi connectivity index (χ0) is 29.2. The standard InChI is InChI=1S/C25H23N9O6/c1-16(19-4-10-22(11-5-19)32(35)36)26-29-25(30-27-17(2)20-6-12-23(13-7-20)33(37)38)31-28-18(3)21-8-14-24(15-9-21)34(39)40/h4-15H,1-3H3,(H2,29,30,31)/b26-16+,27-17+,28-18+. The number of nitrogens with one attached hydrogen (secondary N) is 2. The molecule has 0 fully saturated rings. The average molecular weight is 546 g/mol. The molecule has 0 bridgehead atoms. The van der Waals surface area contributed by atoms with Gasteiger partial charge in [0.1, 0.15) is 0 Å². The predicted octanol–water partition coefficient (Wildman–Crippen LogP) is 4.52. The van der Waals surface area contributed by atoms with Crippen LogP contribution < -0.4 is 10.9 Å². The number of benzene rings is 3. The van der Waals surface area contributed by atoms with Crippen LogP contribution in [0.4, 0.5) is 17.1 Å². The second-order valence-electron chi connectivity index (χ2n) is 8.16. The Labute approximate surface area is 227 Å². The number of hydrogen-bond donors (Lipinski definition) is 2. The van der Waals surface area contributed by atoms with E-state index in [0.29, 0.717) is 33.8 Å². The van der Waals surface area contributed by atoms with Crippen molar-refractivity contribution in [1.29, 1.82) is 0 Å². The van der Waals surface area contributed by atoms with Crippen molar-refractivity contribution >= 4 is 40.2 Å². The highest BCUT2D eigenvalue weighted by molar-refractivity contribution is 6.01. The summed E-state index contributed by atoms with van der Waals surface area (Å²) in [5.41, 5.74) is 8.52. The molecule has 3 rings (SSSR count). The van der Waals surface area contributed by atoms with Crippen molar-refractivity contribution in [3.05, 3.63) is 120 Å². The van der Waals surface area contributed by atoms with Crippen molar-refractivity contribution in [3.63, 3.8) is 0 Å². The fraction of sp³-hybridized carbons (Fsp3) is 0.120. The first-order chi connectivity index (χ1) is 19.0. The highest BCUT2D eigenvalue weighted by Gasteiger charge is 2.09. The van der Waals surface area contributed by atoms with Crippen molar-refractivity contribution in [2.24, 2.45) is 20.4 Å². The minimum atomic E-state index is -0.503. The summed E-state index contributed by atoms with van der Waals surface area (Å²) in [6, 6.07) is 17.4. The molecule has 0 radical (unpaired) electrons. The maximum atomic E-state index is 10.9. The van der Waals surface area contributed by atoms with Crippen molar-refractivity contribution < 1.29 is 14.8 Å². The highest BCUT2D eigenvalue weighted by atomic mass is 16.6. The Kier molecular flexibility index (Phi) is 9.39. The highest BCUT2D eigenvalue weighted by Crippen LogP contribution is 2.14. The molecule has 0 aliphatic heterocycles. The van der Waals surface area contributed by atoms with Gasteiger partial charge in [-0.05, 0) is 73.9 Å². The number of rotatable bonds is 9. The topological polar surface area (TPSA) is 203 Å². The number of guanidine groups is 1. The summed E-state index contributed by atoms with van der Waals surface area (Å²) in [5, 5.41) is 49.5. The molecule has 0 saturated heterocycles. The molecular formula is C25H23N9O6. The van der Waals surface area contributed by atoms with Crippen LogP contribution in [0.15, 0.2) is 93.2 Å². The van der Waals surface area contributed by atoms with E-state index >= 15 is 0 Å². The Balaban J connectivity index is 1.86. The van der Waals surface area contributed by atoms with Crippen molar-refractivity contribution in [1.82, 2.24) is 10.9 Å². The number of nitrogens with zero attached hydrogens (tertiary/aromatic N) is 7. The molecule has 2 N–H and O–H groups in total. The second-order valence-corrected chi connectivity index (χ2v) is 8.16. The van der Waals surface area contributed by atoms with E-state index in [-0.39, 0.29) is 23.0 Å². The van der Waals surface area contributed by atoms with Gasteiger partial charge in [-0.1, -0.05) is 0 Å². The summed E-state index contributed by atoms with van der Waals surface area (Å²) in [6.07, 6.45) is 0. The molecule has 0 aliphatic rings. The Morgan fingerprint density at radius 3 is 1.12 bits per heavy atom. The molecule has 15 nitrogen and oxygen atoms in total. The van der Waals surface area contributed by atoms with E-state index in [1.807, 2.05) is 0 Å². The first-order valence-corrected chi connectivity index (χ1v) is 11.5. The van der Waals surface area contributed by atoms with Gasteiger partial charge in [0.25, 0.3) is 23.0 Å². The molecule has 0 heterocycles. The van der Waals surface area contributed by atoms with Gasteiger partial charge in [0.15, 0.2) is 0 Å². The maximum Gasteiger partial charge on any atom is 0.269 e. The van der Waals surface area contributed by atoms with E-state index in [1.54, 1.807) is 57.2 Å². The van der Waals surface area contributed by atoms with Crippen molar-refractivity contribution in [3.8, 4) is 0 Å². The third-order valence-electron chi connectivity index (χ3n) is 5.45. The third kappa shape index (κ3) is 7.82. The molecule has 3 aromatic carbocycles. The summed E-state index contributed by atoms with van der Waals surface area (Å²) < 4.78 is 0. The van der Waals surface area contributed by atoms with Crippen LogP contribution in [0.25, 0.3) is 0 Å². The van der Waals surface area contributed by atoms with Crippen LogP contribution in [0.3, 0.4) is 0 Å². The SMILES string of the molecule is C/C(=N\N=C(N/N=C(\C)c1ccc([N+](=O)[O-])cc1)N/N=C(\C)c1ccc([N+](=O)[O-])cc1)c1ccc([N+](=O)[O-])cc1. The summed E-state index contributed by atoms with van der Waals surface area (Å²) in [4.78, 5) is 31.2. The number of nitro groups is 3. The molecular weight excluding hydrogens is 522 g/mol. The van der Waals surface area contributed by atoms with Gasteiger partial charge in [-0.3, -0.25) is 30.3 Å². The zero-order valence-electron chi connectivity index (χ0n) is 21.5. The van der Waals surface area contributed by atoms with Crippen molar-refractivity contribution in [2.45, 2.75) is 20.8 Å². The molecule has 15 heteroatoms. The molecule has 204 valence electrons. The molecule has 0 atom stereocenters. The Hall–Kier alpha value is -5.86. The van der Waals surface area contributed by atoms with Gasteiger partial charge in [0, 0.05) is 36.4 Å². The van der Waals surface area contributed by atoms with Gasteiger partial charge in [-0.2, -0.15) is 15.3 Å². The Morgan fingerprint density at radius 2 is 0.825 bits per heavy atom. The first-order valence-electron chi connectivity index (χ1n) is 11.5. The number of nitro benzene ring substituents is 3. The second kappa shape index (κ2) is 13.1. The fourth-order valence-electron chi connectivity index (χ4n) is 3.13. The Bertz CT molecular complexity index is 1450. The van der Waals surface area contributed by atoms with Crippen LogP contribution >= 0.6 is 0 Å². The van der Waals surface area contributed by atoms with Crippen LogP contribution in [-0.2, 0) is 0 Å². The number of hydrazone groups is 2. The van der Waals surface area contributed by atoms with E-state index in [0.717, 1.165) is 0 Å². The quantitative estimate of drug-likeness (QED) is 0.169.